The van der Waals surface area contributed by atoms with Crippen LogP contribution >= 0.6 is 15.9 Å². The lowest BCUT2D eigenvalue weighted by atomic mass is 10.0. The standard InChI is InChI=1S/C14H17BrO4/c15-11-5-9-1-2-19-14(9)10(6-11)7-12(16)8-13-17-3-4-18-13/h5-6,12-13,16H,1-4,7-8H2. The van der Waals surface area contributed by atoms with Crippen LogP contribution in [0, 0.1) is 0 Å². The summed E-state index contributed by atoms with van der Waals surface area (Å²) in [6, 6.07) is 4.10. The van der Waals surface area contributed by atoms with Crippen LogP contribution in [0.5, 0.6) is 5.75 Å². The van der Waals surface area contributed by atoms with Gasteiger partial charge in [0.25, 0.3) is 0 Å². The van der Waals surface area contributed by atoms with Crippen molar-refractivity contribution in [3.8, 4) is 5.75 Å². The van der Waals surface area contributed by atoms with Crippen LogP contribution < -0.4 is 4.74 Å². The van der Waals surface area contributed by atoms with Crippen LogP contribution in [-0.2, 0) is 22.3 Å². The second-order valence-corrected chi connectivity index (χ2v) is 5.83. The van der Waals surface area contributed by atoms with Crippen molar-refractivity contribution in [2.75, 3.05) is 19.8 Å². The Hall–Kier alpha value is -0.620. The minimum Gasteiger partial charge on any atom is -0.493 e. The van der Waals surface area contributed by atoms with Crippen molar-refractivity contribution >= 4 is 15.9 Å². The highest BCUT2D eigenvalue weighted by molar-refractivity contribution is 9.10. The SMILES string of the molecule is OC(Cc1cc(Br)cc2c1OCC2)CC1OCCO1. The lowest BCUT2D eigenvalue weighted by Crippen LogP contribution is -2.20. The first-order valence-corrected chi connectivity index (χ1v) is 7.37. The second kappa shape index (κ2) is 5.79. The molecule has 1 atom stereocenters. The lowest BCUT2D eigenvalue weighted by Gasteiger charge is -2.16. The molecule has 104 valence electrons. The van der Waals surface area contributed by atoms with E-state index in [1.807, 2.05) is 6.07 Å². The summed E-state index contributed by atoms with van der Waals surface area (Å²) in [5, 5.41) is 10.2. The molecule has 2 aliphatic rings. The first-order chi connectivity index (χ1) is 9.22. The Morgan fingerprint density at radius 2 is 2.05 bits per heavy atom. The van der Waals surface area contributed by atoms with E-state index < -0.39 is 6.10 Å². The molecule has 0 amide bonds. The molecular weight excluding hydrogens is 312 g/mol. The molecule has 1 fully saturated rings. The fourth-order valence-electron chi connectivity index (χ4n) is 2.60. The molecule has 19 heavy (non-hydrogen) atoms. The number of hydrogen-bond acceptors (Lipinski definition) is 4. The highest BCUT2D eigenvalue weighted by Gasteiger charge is 2.23. The fourth-order valence-corrected chi connectivity index (χ4v) is 3.15. The van der Waals surface area contributed by atoms with E-state index in [0.29, 0.717) is 26.1 Å². The van der Waals surface area contributed by atoms with Gasteiger partial charge in [0.1, 0.15) is 5.75 Å². The van der Waals surface area contributed by atoms with E-state index >= 15 is 0 Å². The van der Waals surface area contributed by atoms with Crippen molar-refractivity contribution in [1.82, 2.24) is 0 Å². The van der Waals surface area contributed by atoms with Crippen LogP contribution in [0.3, 0.4) is 0 Å². The minimum atomic E-state index is -0.481. The fraction of sp³-hybridized carbons (Fsp3) is 0.571. The maximum absolute atomic E-state index is 10.2. The van der Waals surface area contributed by atoms with E-state index in [1.165, 1.54) is 5.56 Å². The van der Waals surface area contributed by atoms with E-state index in [4.69, 9.17) is 14.2 Å². The number of hydrogen-bond donors (Lipinski definition) is 1. The summed E-state index contributed by atoms with van der Waals surface area (Å²) < 4.78 is 17.4. The first-order valence-electron chi connectivity index (χ1n) is 6.58. The quantitative estimate of drug-likeness (QED) is 0.919. The van der Waals surface area contributed by atoms with Crippen molar-refractivity contribution in [1.29, 1.82) is 0 Å². The number of halogens is 1. The summed E-state index contributed by atoms with van der Waals surface area (Å²) >= 11 is 3.51. The van der Waals surface area contributed by atoms with E-state index in [1.54, 1.807) is 0 Å². The molecule has 2 aliphatic heterocycles. The maximum Gasteiger partial charge on any atom is 0.160 e. The van der Waals surface area contributed by atoms with Crippen molar-refractivity contribution in [2.24, 2.45) is 0 Å². The van der Waals surface area contributed by atoms with E-state index in [0.717, 1.165) is 28.8 Å². The summed E-state index contributed by atoms with van der Waals surface area (Å²) in [5.74, 6) is 0.940. The number of benzene rings is 1. The Bertz CT molecular complexity index is 457. The molecule has 0 saturated carbocycles. The van der Waals surface area contributed by atoms with Gasteiger partial charge in [-0.15, -0.1) is 0 Å². The van der Waals surface area contributed by atoms with E-state index in [-0.39, 0.29) is 6.29 Å². The van der Waals surface area contributed by atoms with Gasteiger partial charge in [0.15, 0.2) is 6.29 Å². The van der Waals surface area contributed by atoms with Gasteiger partial charge in [-0.05, 0) is 23.3 Å². The number of aliphatic hydroxyl groups excluding tert-OH is 1. The van der Waals surface area contributed by atoms with Crippen molar-refractivity contribution in [2.45, 2.75) is 31.7 Å². The molecule has 5 heteroatoms. The molecule has 0 aromatic heterocycles. The summed E-state index contributed by atoms with van der Waals surface area (Å²) in [6.07, 6.45) is 1.25. The highest BCUT2D eigenvalue weighted by atomic mass is 79.9. The van der Waals surface area contributed by atoms with Gasteiger partial charge in [0.2, 0.25) is 0 Å². The molecule has 1 N–H and O–H groups in total. The number of aliphatic hydroxyl groups is 1. The smallest absolute Gasteiger partial charge is 0.160 e. The van der Waals surface area contributed by atoms with Crippen LogP contribution in [0.4, 0.5) is 0 Å². The molecule has 4 nitrogen and oxygen atoms in total. The first kappa shape index (κ1) is 13.4. The lowest BCUT2D eigenvalue weighted by molar-refractivity contribution is -0.0698. The monoisotopic (exact) mass is 328 g/mol. The van der Waals surface area contributed by atoms with E-state index in [9.17, 15) is 5.11 Å². The molecular formula is C14H17BrO4. The van der Waals surface area contributed by atoms with Crippen LogP contribution in [0.15, 0.2) is 16.6 Å². The molecule has 1 unspecified atom stereocenters. The summed E-state index contributed by atoms with van der Waals surface area (Å²) in [5.41, 5.74) is 2.26. The molecule has 1 aromatic carbocycles. The average Bonchev–Trinajstić information content (AvgIpc) is 2.99. The zero-order chi connectivity index (χ0) is 13.2. The van der Waals surface area contributed by atoms with Crippen LogP contribution in [-0.4, -0.2) is 37.3 Å². The highest BCUT2D eigenvalue weighted by Crippen LogP contribution is 2.34. The summed E-state index contributed by atoms with van der Waals surface area (Å²) in [6.45, 7) is 1.96. The minimum absolute atomic E-state index is 0.267. The summed E-state index contributed by atoms with van der Waals surface area (Å²) in [7, 11) is 0. The third-order valence-electron chi connectivity index (χ3n) is 3.44. The third kappa shape index (κ3) is 3.11. The Morgan fingerprint density at radius 3 is 2.84 bits per heavy atom. The zero-order valence-electron chi connectivity index (χ0n) is 10.6. The average molecular weight is 329 g/mol. The van der Waals surface area contributed by atoms with Gasteiger partial charge in [-0.1, -0.05) is 15.9 Å². The van der Waals surface area contributed by atoms with Gasteiger partial charge in [-0.3, -0.25) is 0 Å². The Morgan fingerprint density at radius 1 is 1.26 bits per heavy atom. The molecule has 0 aliphatic carbocycles. The Labute approximate surface area is 120 Å². The van der Waals surface area contributed by atoms with Gasteiger partial charge in [0.05, 0.1) is 25.9 Å². The summed E-state index contributed by atoms with van der Waals surface area (Å²) in [4.78, 5) is 0. The second-order valence-electron chi connectivity index (χ2n) is 4.92. The van der Waals surface area contributed by atoms with Gasteiger partial charge in [0, 0.05) is 23.7 Å². The van der Waals surface area contributed by atoms with E-state index in [2.05, 4.69) is 22.0 Å². The molecule has 0 radical (unpaired) electrons. The van der Waals surface area contributed by atoms with Gasteiger partial charge < -0.3 is 19.3 Å². The zero-order valence-corrected chi connectivity index (χ0v) is 12.2. The Kier molecular flexibility index (Phi) is 4.07. The number of rotatable bonds is 4. The van der Waals surface area contributed by atoms with Crippen LogP contribution in [0.1, 0.15) is 17.5 Å². The topological polar surface area (TPSA) is 47.9 Å². The molecule has 1 aromatic rings. The van der Waals surface area contributed by atoms with Crippen LogP contribution in [0.2, 0.25) is 0 Å². The maximum atomic E-state index is 10.2. The Balaban J connectivity index is 1.68. The van der Waals surface area contributed by atoms with Gasteiger partial charge in [-0.25, -0.2) is 0 Å². The largest absolute Gasteiger partial charge is 0.493 e. The molecule has 0 spiro atoms. The van der Waals surface area contributed by atoms with Crippen molar-refractivity contribution < 1.29 is 19.3 Å². The van der Waals surface area contributed by atoms with Crippen LogP contribution in [0.25, 0.3) is 0 Å². The predicted molar refractivity (Wildman–Crippen MR) is 73.4 cm³/mol. The molecule has 2 heterocycles. The molecule has 3 rings (SSSR count). The van der Waals surface area contributed by atoms with Gasteiger partial charge >= 0.3 is 0 Å². The predicted octanol–water partition coefficient (Wildman–Crippen LogP) is 2.05. The van der Waals surface area contributed by atoms with Crippen molar-refractivity contribution in [3.63, 3.8) is 0 Å². The normalized spacial score (nSPS) is 20.3. The van der Waals surface area contributed by atoms with Gasteiger partial charge in [-0.2, -0.15) is 0 Å². The third-order valence-corrected chi connectivity index (χ3v) is 3.89. The molecule has 0 bridgehead atoms. The molecule has 1 saturated heterocycles. The number of fused-ring (bicyclic) bond motifs is 1. The van der Waals surface area contributed by atoms with Crippen molar-refractivity contribution in [3.05, 3.63) is 27.7 Å². The number of ether oxygens (including phenoxy) is 3.